The van der Waals surface area contributed by atoms with Gasteiger partial charge in [0.25, 0.3) is 11.8 Å². The molecule has 23 heavy (non-hydrogen) atoms. The van der Waals surface area contributed by atoms with E-state index < -0.39 is 12.1 Å². The molecule has 2 aromatic heterocycles. The van der Waals surface area contributed by atoms with Gasteiger partial charge in [-0.15, -0.1) is 21.5 Å². The van der Waals surface area contributed by atoms with Crippen molar-refractivity contribution in [2.75, 3.05) is 0 Å². The molecule has 3 aromatic rings. The van der Waals surface area contributed by atoms with Gasteiger partial charge >= 0.3 is 5.97 Å². The molecule has 0 aliphatic rings. The van der Waals surface area contributed by atoms with Gasteiger partial charge in [0, 0.05) is 10.0 Å². The minimum Gasteiger partial charge on any atom is -0.449 e. The quantitative estimate of drug-likeness (QED) is 0.604. The minimum absolute atomic E-state index is 0.217. The highest BCUT2D eigenvalue weighted by Gasteiger charge is 2.20. The van der Waals surface area contributed by atoms with E-state index in [4.69, 9.17) is 32.4 Å². The number of carbonyl (C=O) groups excluding carboxylic acids is 1. The summed E-state index contributed by atoms with van der Waals surface area (Å²) in [5, 5.41) is 10.5. The molecule has 0 aliphatic heterocycles. The Balaban J connectivity index is 1.73. The molecule has 5 nitrogen and oxygen atoms in total. The van der Waals surface area contributed by atoms with Gasteiger partial charge in [0.05, 0.1) is 10.4 Å². The first-order valence-electron chi connectivity index (χ1n) is 6.57. The summed E-state index contributed by atoms with van der Waals surface area (Å²) in [6.45, 7) is 1.65. The maximum Gasteiger partial charge on any atom is 0.339 e. The van der Waals surface area contributed by atoms with Gasteiger partial charge in [-0.3, -0.25) is 0 Å². The molecule has 1 atom stereocenters. The molecule has 0 aliphatic carbocycles. The Kier molecular flexibility index (Phi) is 4.66. The van der Waals surface area contributed by atoms with E-state index in [0.29, 0.717) is 15.9 Å². The van der Waals surface area contributed by atoms with Crippen molar-refractivity contribution in [2.24, 2.45) is 0 Å². The van der Waals surface area contributed by atoms with E-state index in [9.17, 15) is 4.79 Å². The number of hydrogen-bond donors (Lipinski definition) is 0. The van der Waals surface area contributed by atoms with Crippen LogP contribution < -0.4 is 0 Å². The molecule has 0 radical (unpaired) electrons. The van der Waals surface area contributed by atoms with Crippen LogP contribution in [0.2, 0.25) is 10.0 Å². The van der Waals surface area contributed by atoms with Crippen molar-refractivity contribution >= 4 is 40.5 Å². The molecule has 0 amide bonds. The number of carbonyl (C=O) groups is 1. The molecule has 3 rings (SSSR count). The zero-order valence-electron chi connectivity index (χ0n) is 11.8. The van der Waals surface area contributed by atoms with Crippen LogP contribution >= 0.6 is 34.5 Å². The number of nitrogens with zero attached hydrogens (tertiary/aromatic N) is 2. The first-order valence-corrected chi connectivity index (χ1v) is 8.21. The van der Waals surface area contributed by atoms with E-state index in [1.54, 1.807) is 6.92 Å². The Labute approximate surface area is 145 Å². The SMILES string of the molecule is CC(OC(=O)c1cc(Cl)cc(Cl)c1)c1nnc(-c2cccs2)o1. The van der Waals surface area contributed by atoms with Crippen molar-refractivity contribution in [3.05, 3.63) is 57.2 Å². The van der Waals surface area contributed by atoms with E-state index in [2.05, 4.69) is 10.2 Å². The lowest BCUT2D eigenvalue weighted by Gasteiger charge is -2.09. The number of thiophene rings is 1. The maximum absolute atomic E-state index is 12.1. The first kappa shape index (κ1) is 16.0. The summed E-state index contributed by atoms with van der Waals surface area (Å²) in [5.74, 6) is 0.0383. The number of benzene rings is 1. The van der Waals surface area contributed by atoms with Crippen LogP contribution in [0.5, 0.6) is 0 Å². The largest absolute Gasteiger partial charge is 0.449 e. The number of rotatable bonds is 4. The molecule has 0 N–H and O–H groups in total. The summed E-state index contributed by atoms with van der Waals surface area (Å²) in [7, 11) is 0. The normalized spacial score (nSPS) is 12.1. The molecular weight excluding hydrogens is 359 g/mol. The van der Waals surface area contributed by atoms with Crippen molar-refractivity contribution < 1.29 is 13.9 Å². The number of hydrogen-bond acceptors (Lipinski definition) is 6. The van der Waals surface area contributed by atoms with Crippen molar-refractivity contribution in [1.82, 2.24) is 10.2 Å². The van der Waals surface area contributed by atoms with Crippen LogP contribution in [0.4, 0.5) is 0 Å². The Hall–Kier alpha value is -1.89. The van der Waals surface area contributed by atoms with Gasteiger partial charge in [-0.2, -0.15) is 0 Å². The van der Waals surface area contributed by atoms with Crippen molar-refractivity contribution in [3.8, 4) is 10.8 Å². The van der Waals surface area contributed by atoms with Crippen molar-refractivity contribution in [3.63, 3.8) is 0 Å². The zero-order valence-corrected chi connectivity index (χ0v) is 14.2. The molecule has 0 fully saturated rings. The standard InChI is InChI=1S/C15H10Cl2N2O3S/c1-8(13-18-19-14(22-13)12-3-2-4-23-12)21-15(20)9-5-10(16)7-11(17)6-9/h2-8H,1H3. The second-order valence-electron chi connectivity index (χ2n) is 4.63. The van der Waals surface area contributed by atoms with Crippen molar-refractivity contribution in [2.45, 2.75) is 13.0 Å². The number of ether oxygens (including phenoxy) is 1. The maximum atomic E-state index is 12.1. The Morgan fingerprint density at radius 1 is 1.26 bits per heavy atom. The molecule has 2 heterocycles. The Morgan fingerprint density at radius 2 is 2.00 bits per heavy atom. The predicted molar refractivity (Wildman–Crippen MR) is 87.9 cm³/mol. The van der Waals surface area contributed by atoms with E-state index >= 15 is 0 Å². The van der Waals surface area contributed by atoms with E-state index in [-0.39, 0.29) is 11.5 Å². The van der Waals surface area contributed by atoms with E-state index in [1.165, 1.54) is 29.5 Å². The molecule has 0 bridgehead atoms. The molecule has 0 spiro atoms. The van der Waals surface area contributed by atoms with Gasteiger partial charge in [-0.1, -0.05) is 29.3 Å². The van der Waals surface area contributed by atoms with Gasteiger partial charge in [-0.05, 0) is 36.6 Å². The van der Waals surface area contributed by atoms with Crippen LogP contribution in [0.15, 0.2) is 40.1 Å². The fourth-order valence-corrected chi connectivity index (χ4v) is 3.02. The van der Waals surface area contributed by atoms with Crippen LogP contribution in [0.1, 0.15) is 29.3 Å². The average molecular weight is 369 g/mol. The summed E-state index contributed by atoms with van der Waals surface area (Å²) in [5.41, 5.74) is 0.257. The van der Waals surface area contributed by atoms with Crippen molar-refractivity contribution in [1.29, 1.82) is 0 Å². The molecule has 1 aromatic carbocycles. The van der Waals surface area contributed by atoms with Crippen LogP contribution in [-0.2, 0) is 4.74 Å². The number of halogens is 2. The van der Waals surface area contributed by atoms with Crippen LogP contribution in [0.3, 0.4) is 0 Å². The zero-order chi connectivity index (χ0) is 16.4. The highest BCUT2D eigenvalue weighted by Crippen LogP contribution is 2.27. The molecular formula is C15H10Cl2N2O3S. The second-order valence-corrected chi connectivity index (χ2v) is 6.45. The van der Waals surface area contributed by atoms with E-state index in [1.807, 2.05) is 17.5 Å². The molecule has 0 saturated heterocycles. The fourth-order valence-electron chi connectivity index (χ4n) is 1.85. The van der Waals surface area contributed by atoms with Gasteiger partial charge in [-0.25, -0.2) is 4.79 Å². The summed E-state index contributed by atoms with van der Waals surface area (Å²) in [4.78, 5) is 13.0. The summed E-state index contributed by atoms with van der Waals surface area (Å²) >= 11 is 13.2. The topological polar surface area (TPSA) is 65.2 Å². The third kappa shape index (κ3) is 3.72. The molecule has 1 unspecified atom stereocenters. The van der Waals surface area contributed by atoms with Gasteiger partial charge in [0.1, 0.15) is 0 Å². The lowest BCUT2D eigenvalue weighted by molar-refractivity contribution is 0.0280. The first-order chi connectivity index (χ1) is 11.0. The highest BCUT2D eigenvalue weighted by atomic mass is 35.5. The second kappa shape index (κ2) is 6.70. The predicted octanol–water partition coefficient (Wildman–Crippen LogP) is 5.02. The minimum atomic E-state index is -0.693. The summed E-state index contributed by atoms with van der Waals surface area (Å²) in [6.07, 6.45) is -0.693. The molecule has 8 heteroatoms. The third-order valence-corrected chi connectivity index (χ3v) is 4.20. The Bertz CT molecular complexity index is 813. The highest BCUT2D eigenvalue weighted by molar-refractivity contribution is 7.13. The van der Waals surface area contributed by atoms with Crippen LogP contribution in [0.25, 0.3) is 10.8 Å². The summed E-state index contributed by atoms with van der Waals surface area (Å²) in [6, 6.07) is 8.25. The van der Waals surface area contributed by atoms with E-state index in [0.717, 1.165) is 4.88 Å². The molecule has 118 valence electrons. The number of esters is 1. The lowest BCUT2D eigenvalue weighted by atomic mass is 10.2. The van der Waals surface area contributed by atoms with Crippen LogP contribution in [-0.4, -0.2) is 16.2 Å². The summed E-state index contributed by atoms with van der Waals surface area (Å²) < 4.78 is 10.8. The lowest BCUT2D eigenvalue weighted by Crippen LogP contribution is -2.09. The van der Waals surface area contributed by atoms with Crippen LogP contribution in [0, 0.1) is 0 Å². The van der Waals surface area contributed by atoms with Gasteiger partial charge in [0.2, 0.25) is 0 Å². The third-order valence-electron chi connectivity index (χ3n) is 2.90. The average Bonchev–Trinajstić information content (AvgIpc) is 3.17. The smallest absolute Gasteiger partial charge is 0.339 e. The number of aromatic nitrogens is 2. The molecule has 0 saturated carbocycles. The van der Waals surface area contributed by atoms with Gasteiger partial charge < -0.3 is 9.15 Å². The fraction of sp³-hybridized carbons (Fsp3) is 0.133. The monoisotopic (exact) mass is 368 g/mol. The Morgan fingerprint density at radius 3 is 2.65 bits per heavy atom. The van der Waals surface area contributed by atoms with Gasteiger partial charge in [0.15, 0.2) is 6.10 Å².